The van der Waals surface area contributed by atoms with E-state index in [1.54, 1.807) is 20.8 Å². The van der Waals surface area contributed by atoms with Crippen LogP contribution < -0.4 is 5.73 Å². The Balaban J connectivity index is 2.93. The Morgan fingerprint density at radius 1 is 1.35 bits per heavy atom. The predicted octanol–water partition coefficient (Wildman–Crippen LogP) is 2.31. The van der Waals surface area contributed by atoms with E-state index < -0.39 is 29.2 Å². The van der Waals surface area contributed by atoms with E-state index in [0.717, 1.165) is 6.07 Å². The summed E-state index contributed by atoms with van der Waals surface area (Å²) in [4.78, 5) is 11.6. The number of hydrogen-bond acceptors (Lipinski definition) is 3. The molecule has 0 saturated heterocycles. The lowest BCUT2D eigenvalue weighted by Crippen LogP contribution is -2.32. The maximum absolute atomic E-state index is 13.4. The van der Waals surface area contributed by atoms with Crippen molar-refractivity contribution in [2.24, 2.45) is 5.73 Å². The SMILES string of the molecule is CC(C)(C)OC(=O)C(N)c1cccc(F)c1F. The number of ether oxygens (including phenoxy) is 1. The lowest BCUT2D eigenvalue weighted by atomic mass is 10.1. The molecule has 94 valence electrons. The first-order chi connectivity index (χ1) is 7.72. The van der Waals surface area contributed by atoms with Gasteiger partial charge >= 0.3 is 5.97 Å². The number of halogens is 2. The van der Waals surface area contributed by atoms with Crippen molar-refractivity contribution in [1.82, 2.24) is 0 Å². The Labute approximate surface area is 98.6 Å². The number of esters is 1. The van der Waals surface area contributed by atoms with Gasteiger partial charge in [-0.25, -0.2) is 13.6 Å². The van der Waals surface area contributed by atoms with Crippen LogP contribution in [0, 0.1) is 11.6 Å². The summed E-state index contributed by atoms with van der Waals surface area (Å²) < 4.78 is 31.3. The molecule has 0 heterocycles. The molecule has 0 amide bonds. The van der Waals surface area contributed by atoms with E-state index in [1.807, 2.05) is 0 Å². The molecule has 0 aliphatic heterocycles. The fourth-order valence-electron chi connectivity index (χ4n) is 1.25. The van der Waals surface area contributed by atoms with Crippen LogP contribution >= 0.6 is 0 Å². The van der Waals surface area contributed by atoms with Gasteiger partial charge in [-0.05, 0) is 26.8 Å². The van der Waals surface area contributed by atoms with E-state index in [4.69, 9.17) is 10.5 Å². The highest BCUT2D eigenvalue weighted by Crippen LogP contribution is 2.20. The summed E-state index contributed by atoms with van der Waals surface area (Å²) in [5, 5.41) is 0. The smallest absolute Gasteiger partial charge is 0.328 e. The van der Waals surface area contributed by atoms with Crippen LogP contribution in [0.3, 0.4) is 0 Å². The molecule has 2 N–H and O–H groups in total. The molecule has 1 unspecified atom stereocenters. The lowest BCUT2D eigenvalue weighted by Gasteiger charge is -2.22. The molecule has 0 radical (unpaired) electrons. The molecular weight excluding hydrogens is 228 g/mol. The van der Waals surface area contributed by atoms with Gasteiger partial charge in [0, 0.05) is 5.56 Å². The first-order valence-electron chi connectivity index (χ1n) is 5.15. The fourth-order valence-corrected chi connectivity index (χ4v) is 1.25. The highest BCUT2D eigenvalue weighted by atomic mass is 19.2. The summed E-state index contributed by atoms with van der Waals surface area (Å²) in [6.07, 6.45) is 0. The third-order valence-corrected chi connectivity index (χ3v) is 1.98. The van der Waals surface area contributed by atoms with Gasteiger partial charge < -0.3 is 10.5 Å². The largest absolute Gasteiger partial charge is 0.459 e. The zero-order valence-electron chi connectivity index (χ0n) is 9.96. The minimum atomic E-state index is -1.33. The van der Waals surface area contributed by atoms with Crippen molar-refractivity contribution >= 4 is 5.97 Å². The molecule has 0 fully saturated rings. The molecule has 1 aromatic rings. The molecule has 17 heavy (non-hydrogen) atoms. The van der Waals surface area contributed by atoms with Crippen molar-refractivity contribution in [2.45, 2.75) is 32.4 Å². The average molecular weight is 243 g/mol. The van der Waals surface area contributed by atoms with Gasteiger partial charge in [-0.1, -0.05) is 12.1 Å². The van der Waals surface area contributed by atoms with Crippen LogP contribution in [0.15, 0.2) is 18.2 Å². The van der Waals surface area contributed by atoms with E-state index in [9.17, 15) is 13.6 Å². The average Bonchev–Trinajstić information content (AvgIpc) is 2.18. The lowest BCUT2D eigenvalue weighted by molar-refractivity contribution is -0.156. The number of carbonyl (C=O) groups is 1. The van der Waals surface area contributed by atoms with E-state index in [-0.39, 0.29) is 5.56 Å². The van der Waals surface area contributed by atoms with Crippen LogP contribution in [0.4, 0.5) is 8.78 Å². The normalized spacial score (nSPS) is 13.3. The fraction of sp³-hybridized carbons (Fsp3) is 0.417. The first kappa shape index (κ1) is 13.6. The Kier molecular flexibility index (Phi) is 3.83. The minimum Gasteiger partial charge on any atom is -0.459 e. The highest BCUT2D eigenvalue weighted by molar-refractivity contribution is 5.77. The standard InChI is InChI=1S/C12H15F2NO2/c1-12(2,3)17-11(16)10(15)7-5-4-6-8(13)9(7)14/h4-6,10H,15H2,1-3H3. The van der Waals surface area contributed by atoms with E-state index in [0.29, 0.717) is 0 Å². The van der Waals surface area contributed by atoms with E-state index in [1.165, 1.54) is 12.1 Å². The van der Waals surface area contributed by atoms with Crippen LogP contribution in [-0.4, -0.2) is 11.6 Å². The van der Waals surface area contributed by atoms with Gasteiger partial charge in [-0.3, -0.25) is 0 Å². The second kappa shape index (κ2) is 4.79. The molecule has 3 nitrogen and oxygen atoms in total. The van der Waals surface area contributed by atoms with E-state index >= 15 is 0 Å². The Morgan fingerprint density at radius 3 is 2.47 bits per heavy atom. The summed E-state index contributed by atoms with van der Waals surface area (Å²) >= 11 is 0. The molecule has 0 aromatic heterocycles. The Bertz CT molecular complexity index is 427. The molecule has 0 saturated carbocycles. The van der Waals surface area contributed by atoms with Gasteiger partial charge in [-0.15, -0.1) is 0 Å². The summed E-state index contributed by atoms with van der Waals surface area (Å²) in [7, 11) is 0. The van der Waals surface area contributed by atoms with Crippen molar-refractivity contribution in [1.29, 1.82) is 0 Å². The zero-order chi connectivity index (χ0) is 13.2. The van der Waals surface area contributed by atoms with Crippen molar-refractivity contribution in [3.63, 3.8) is 0 Å². The van der Waals surface area contributed by atoms with Gasteiger partial charge in [0.25, 0.3) is 0 Å². The number of carbonyl (C=O) groups excluding carboxylic acids is 1. The third kappa shape index (κ3) is 3.49. The molecular formula is C12H15F2NO2. The van der Waals surface area contributed by atoms with Gasteiger partial charge in [0.2, 0.25) is 0 Å². The Hall–Kier alpha value is -1.49. The van der Waals surface area contributed by atoms with Gasteiger partial charge in [0.05, 0.1) is 0 Å². The van der Waals surface area contributed by atoms with Gasteiger partial charge in [-0.2, -0.15) is 0 Å². The zero-order valence-corrected chi connectivity index (χ0v) is 9.96. The van der Waals surface area contributed by atoms with Crippen LogP contribution in [0.1, 0.15) is 32.4 Å². The number of rotatable bonds is 2. The molecule has 0 aliphatic carbocycles. The van der Waals surface area contributed by atoms with Crippen LogP contribution in [-0.2, 0) is 9.53 Å². The van der Waals surface area contributed by atoms with Crippen LogP contribution in [0.25, 0.3) is 0 Å². The van der Waals surface area contributed by atoms with Crippen molar-refractivity contribution in [2.75, 3.05) is 0 Å². The van der Waals surface area contributed by atoms with Crippen molar-refractivity contribution in [3.8, 4) is 0 Å². The molecule has 0 spiro atoms. The highest BCUT2D eigenvalue weighted by Gasteiger charge is 2.26. The summed E-state index contributed by atoms with van der Waals surface area (Å²) in [5.41, 5.74) is 4.60. The first-order valence-corrected chi connectivity index (χ1v) is 5.15. The maximum Gasteiger partial charge on any atom is 0.328 e. The van der Waals surface area contributed by atoms with Crippen molar-refractivity contribution < 1.29 is 18.3 Å². The van der Waals surface area contributed by atoms with Crippen molar-refractivity contribution in [3.05, 3.63) is 35.4 Å². The second-order valence-electron chi connectivity index (χ2n) is 4.65. The molecule has 0 aliphatic rings. The summed E-state index contributed by atoms with van der Waals surface area (Å²) in [5.74, 6) is -2.95. The topological polar surface area (TPSA) is 52.3 Å². The predicted molar refractivity (Wildman–Crippen MR) is 59.1 cm³/mol. The molecule has 5 heteroatoms. The number of hydrogen-bond donors (Lipinski definition) is 1. The summed E-state index contributed by atoms with van der Waals surface area (Å²) in [6, 6.07) is 2.18. The summed E-state index contributed by atoms with van der Waals surface area (Å²) in [6.45, 7) is 5.00. The second-order valence-corrected chi connectivity index (χ2v) is 4.65. The monoisotopic (exact) mass is 243 g/mol. The number of benzene rings is 1. The third-order valence-electron chi connectivity index (χ3n) is 1.98. The quantitative estimate of drug-likeness (QED) is 0.811. The molecule has 1 atom stereocenters. The Morgan fingerprint density at radius 2 is 1.94 bits per heavy atom. The van der Waals surface area contributed by atoms with Crippen LogP contribution in [0.5, 0.6) is 0 Å². The van der Waals surface area contributed by atoms with Gasteiger partial charge in [0.1, 0.15) is 11.6 Å². The minimum absolute atomic E-state index is 0.209. The number of nitrogens with two attached hydrogens (primary N) is 1. The van der Waals surface area contributed by atoms with E-state index in [2.05, 4.69) is 0 Å². The molecule has 0 bridgehead atoms. The molecule has 1 aromatic carbocycles. The maximum atomic E-state index is 13.4. The van der Waals surface area contributed by atoms with Gasteiger partial charge in [0.15, 0.2) is 11.6 Å². The van der Waals surface area contributed by atoms with Crippen LogP contribution in [0.2, 0.25) is 0 Å². The molecule has 1 rings (SSSR count).